The molecule has 2 N–H and O–H groups in total. The van der Waals surface area contributed by atoms with Gasteiger partial charge in [0.1, 0.15) is 93.0 Å². The van der Waals surface area contributed by atoms with Gasteiger partial charge < -0.3 is 0 Å². The number of imidazole rings is 4. The summed E-state index contributed by atoms with van der Waals surface area (Å²) in [5, 5.41) is 11.1. The van der Waals surface area contributed by atoms with E-state index in [9.17, 15) is 0 Å². The lowest BCUT2D eigenvalue weighted by Crippen LogP contribution is -3.02. The van der Waals surface area contributed by atoms with Crippen LogP contribution in [0.5, 0.6) is 0 Å². The summed E-state index contributed by atoms with van der Waals surface area (Å²) in [4.78, 5) is 8.80. The highest BCUT2D eigenvalue weighted by Crippen LogP contribution is 2.39. The zero-order valence-electron chi connectivity index (χ0n) is 84.0. The van der Waals surface area contributed by atoms with E-state index in [1.807, 2.05) is 50.1 Å². The van der Waals surface area contributed by atoms with Crippen molar-refractivity contribution in [2.75, 3.05) is 13.1 Å². The van der Waals surface area contributed by atoms with Gasteiger partial charge in [-0.3, -0.25) is 9.98 Å². The number of rotatable bonds is 28. The maximum Gasteiger partial charge on any atom is 0.249 e. The van der Waals surface area contributed by atoms with Gasteiger partial charge in [0.05, 0.1) is 58.2 Å². The molecule has 8 atom stereocenters. The smallest absolute Gasteiger partial charge is 0.249 e. The van der Waals surface area contributed by atoms with Crippen LogP contribution in [0.3, 0.4) is 0 Å². The lowest BCUT2D eigenvalue weighted by molar-refractivity contribution is -0.855. The van der Waals surface area contributed by atoms with Gasteiger partial charge in [-0.1, -0.05) is 306 Å². The van der Waals surface area contributed by atoms with Crippen LogP contribution < -0.4 is 28.3 Å². The topological polar surface area (TPSA) is 93.6 Å². The van der Waals surface area contributed by atoms with Gasteiger partial charge in [0.15, 0.2) is 0 Å². The Morgan fingerprint density at radius 1 is 0.360 bits per heavy atom. The van der Waals surface area contributed by atoms with Gasteiger partial charge in [-0.15, -0.1) is 0 Å². The van der Waals surface area contributed by atoms with Crippen molar-refractivity contribution in [2.45, 2.75) is 375 Å². The predicted molar refractivity (Wildman–Crippen MR) is 594 cm³/mol. The summed E-state index contributed by atoms with van der Waals surface area (Å²) < 4.78 is 17.7. The number of aromatic nitrogens is 8. The van der Waals surface area contributed by atoms with Crippen LogP contribution in [-0.2, 0) is 46.7 Å². The molecule has 4 aromatic carbocycles. The van der Waals surface area contributed by atoms with E-state index in [2.05, 4.69) is 405 Å². The van der Waals surface area contributed by atoms with Crippen LogP contribution >= 0.6 is 0 Å². The Balaban J connectivity index is 0.000000782. The Morgan fingerprint density at radius 2 is 0.750 bits per heavy atom. The molecule has 14 heteroatoms. The fourth-order valence-electron chi connectivity index (χ4n) is 19.1. The predicted octanol–water partition coefficient (Wildman–Crippen LogP) is 28.3. The van der Waals surface area contributed by atoms with E-state index in [0.29, 0.717) is 35.8 Å². The van der Waals surface area contributed by atoms with Crippen LogP contribution in [0.2, 0.25) is 0 Å². The fraction of sp³-hybridized carbons (Fsp3) is 0.607. The summed E-state index contributed by atoms with van der Waals surface area (Å²) >= 11 is 0. The van der Waals surface area contributed by atoms with E-state index in [1.165, 1.54) is 184 Å². The first-order valence-electron chi connectivity index (χ1n) is 50.5. The Morgan fingerprint density at radius 3 is 1.15 bits per heavy atom. The number of hydrogen-bond donors (Lipinski definition) is 2. The van der Waals surface area contributed by atoms with Crippen molar-refractivity contribution >= 4 is 24.9 Å². The molecule has 8 heterocycles. The molecule has 8 aromatic rings. The zero-order valence-corrected chi connectivity index (χ0v) is 84.0. The minimum Gasteiger partial charge on any atom is -0.286 e. The third kappa shape index (κ3) is 45.0. The summed E-state index contributed by atoms with van der Waals surface area (Å²) in [6, 6.07) is 36.5. The van der Waals surface area contributed by atoms with Crippen LogP contribution in [0, 0.1) is 82.9 Å². The molecule has 14 nitrogen and oxygen atoms in total. The highest BCUT2D eigenvalue weighted by molar-refractivity contribution is 5.74. The Hall–Kier alpha value is -8.72. The summed E-state index contributed by atoms with van der Waals surface area (Å²) in [5.41, 5.74) is 10.7. The first-order chi connectivity index (χ1) is 61.4. The molecular weight excluding hydrogens is 1660 g/mol. The van der Waals surface area contributed by atoms with E-state index in [0.717, 1.165) is 109 Å². The highest BCUT2D eigenvalue weighted by atomic mass is 15.5. The molecule has 4 fully saturated rings. The van der Waals surface area contributed by atoms with E-state index in [-0.39, 0.29) is 59.4 Å². The average Bonchev–Trinajstić information content (AvgIpc) is 1.69. The fourth-order valence-corrected chi connectivity index (χ4v) is 19.1. The normalized spacial score (nSPS) is 21.0. The van der Waals surface area contributed by atoms with Crippen LogP contribution in [0.4, 0.5) is 0 Å². The second kappa shape index (κ2) is 66.0. The molecule has 0 saturated heterocycles. The first-order valence-corrected chi connectivity index (χ1v) is 50.5. The SMILES string of the molecule is C.C.C.C.C.C.C.C.CC(C)C1CCC(CC2C=CC=N2)CC1.CC(C)C1CCC(C[NH+]2C=CC=N2)C1.CC(C)C1CCC(Cn2cc[n+](C)c2)CC1.CC(C)CC[NH+]1C=CC=N1.CC(C)CCn1cc[n+](C)c1.CC(C)c1ccc(-n2cc[n+](CC3CCC(C(C)C)C3)c2)cc1.CC(C)c1ccc(CC2C=CC=N2)cc1.CC(C)c1ccc(C[n+]2ccn(-c3ccc(C(C)C)cc3)c2)cc1. The van der Waals surface area contributed by atoms with Crippen molar-refractivity contribution < 1.29 is 28.3 Å². The molecular formula is C122H208N14+6. The molecule has 0 spiro atoms. The largest absolute Gasteiger partial charge is 0.286 e. The molecule has 4 aromatic heterocycles. The van der Waals surface area contributed by atoms with E-state index < -0.39 is 0 Å². The minimum atomic E-state index is 0. The second-order valence-corrected chi connectivity index (χ2v) is 42.3. The number of hydrogen-bond acceptors (Lipinski definition) is 4. The molecule has 8 unspecified atom stereocenters. The average molecular weight is 1870 g/mol. The molecule has 0 bridgehead atoms. The monoisotopic (exact) mass is 1870 g/mol. The molecule has 4 aliphatic heterocycles. The van der Waals surface area contributed by atoms with Gasteiger partial charge in [0, 0.05) is 36.9 Å². The van der Waals surface area contributed by atoms with Crippen LogP contribution in [0.25, 0.3) is 11.4 Å². The third-order valence-corrected chi connectivity index (χ3v) is 28.1. The summed E-state index contributed by atoms with van der Waals surface area (Å²) in [5.74, 6) is 14.9. The molecule has 760 valence electrons. The van der Waals surface area contributed by atoms with E-state index in [1.54, 1.807) is 0 Å². The van der Waals surface area contributed by atoms with Crippen molar-refractivity contribution in [2.24, 2.45) is 117 Å². The number of aryl methyl sites for hydroxylation is 3. The Labute approximate surface area is 837 Å². The summed E-state index contributed by atoms with van der Waals surface area (Å²) in [6.45, 7) is 52.5. The lowest BCUT2D eigenvalue weighted by Gasteiger charge is -2.31. The molecule has 16 rings (SSSR count). The maximum absolute atomic E-state index is 4.45. The summed E-state index contributed by atoms with van der Waals surface area (Å²) in [6.07, 6.45) is 75.0. The van der Waals surface area contributed by atoms with Crippen molar-refractivity contribution in [1.82, 2.24) is 18.3 Å². The maximum atomic E-state index is 4.45. The second-order valence-electron chi connectivity index (χ2n) is 42.3. The molecule has 4 aliphatic carbocycles. The highest BCUT2D eigenvalue weighted by Gasteiger charge is 2.32. The number of benzene rings is 4. The number of nitrogens with one attached hydrogen (secondary N) is 2. The van der Waals surface area contributed by atoms with E-state index in [4.69, 9.17) is 0 Å². The molecule has 4 saturated carbocycles. The number of quaternary nitrogens is 2. The van der Waals surface area contributed by atoms with Crippen molar-refractivity contribution in [3.05, 3.63) is 254 Å². The number of aliphatic imine (C=N–C) groups is 2. The standard InChI is InChI=1S/C22H27N2.C21H31N2.C14H25N2.C14H23N.C14H17N.C12H20N2.C9H17N2.C8H14N2.8CH4/c1-17(2)20-7-5-19(6-8-20)15-23-13-14-24(16-23)22-11-9-21(10-12-22)18(3)4;1-16(2)19-7-9-21(10-8-19)23-12-11-22(15-23)14-18-5-6-20(13-18)17(3)4;1-12(2)14-6-4-13(5-7-14)10-16-9-8-15(3)11-16;2*1-11(2)13-7-5-12(6-8-13)10-14-4-3-9-15-14;1-10(2)12-5-4-11(8-12)9-14-7-3-6-13-14;1-9(2)4-5-11-7-6-10(3)8-11;1-8(2)4-7-10-6-3-5-9-10;;;;;;;;/h5-14,16-18H,15H2,1-4H3;7-12,15-18,20H,5-6,13-14H2,1-4H3;8-9,11-14H,4-7,10H2,1-3H3;3-4,9,11-14H,5-8,10H2,1-2H3;3-9,11,14H,10H2,1-2H3;3,6-7,10-12H,4-5,8-9H2,1-2H3;6-9H,4-5H2,1-3H3;3,5-6,8H,4,7H2,1-2H3;8*1H4/q3*+1;;;;+1;;;;;;;;;/p+2. The molecule has 0 amide bonds. The van der Waals surface area contributed by atoms with Crippen LogP contribution in [0.15, 0.2) is 241 Å². The molecule has 136 heavy (non-hydrogen) atoms. The van der Waals surface area contributed by atoms with Gasteiger partial charge in [0.25, 0.3) is 0 Å². The van der Waals surface area contributed by atoms with Crippen molar-refractivity contribution in [1.29, 1.82) is 0 Å². The van der Waals surface area contributed by atoms with Crippen molar-refractivity contribution in [3.63, 3.8) is 0 Å². The Kier molecular flexibility index (Phi) is 60.8. The molecule has 0 radical (unpaired) electrons. The van der Waals surface area contributed by atoms with Gasteiger partial charge in [0.2, 0.25) is 25.3 Å². The third-order valence-electron chi connectivity index (χ3n) is 28.1. The van der Waals surface area contributed by atoms with Crippen LogP contribution in [-0.4, -0.2) is 68.3 Å². The zero-order chi connectivity index (χ0) is 92.0. The lowest BCUT2D eigenvalue weighted by atomic mass is 9.75. The molecule has 8 aliphatic rings. The number of allylic oxidation sites excluding steroid dienone is 4. The minimum absolute atomic E-state index is 0. The van der Waals surface area contributed by atoms with Gasteiger partial charge in [-0.05, 0) is 267 Å². The van der Waals surface area contributed by atoms with E-state index >= 15 is 0 Å². The number of nitrogens with zero attached hydrogens (tertiary/aromatic N) is 12. The van der Waals surface area contributed by atoms with Crippen molar-refractivity contribution in [3.8, 4) is 11.4 Å². The van der Waals surface area contributed by atoms with Gasteiger partial charge in [-0.2, -0.15) is 10.0 Å². The quantitative estimate of drug-likeness (QED) is 0.0457. The van der Waals surface area contributed by atoms with Gasteiger partial charge >= 0.3 is 0 Å². The summed E-state index contributed by atoms with van der Waals surface area (Å²) in [7, 11) is 4.14. The van der Waals surface area contributed by atoms with Gasteiger partial charge in [-0.25, -0.2) is 36.5 Å². The Bertz CT molecular complexity index is 4570. The first kappa shape index (κ1) is 125. The van der Waals surface area contributed by atoms with Crippen LogP contribution in [0.1, 0.15) is 364 Å².